The van der Waals surface area contributed by atoms with Crippen LogP contribution in [0.5, 0.6) is 5.75 Å². The van der Waals surface area contributed by atoms with Gasteiger partial charge in [-0.3, -0.25) is 5.10 Å². The van der Waals surface area contributed by atoms with Gasteiger partial charge in [0.05, 0.1) is 7.14 Å². The zero-order valence-electron chi connectivity index (χ0n) is 15.2. The topological polar surface area (TPSA) is 88.1 Å². The largest absolute Gasteiger partial charge is 0.487 e. The first-order valence-electron chi connectivity index (χ1n) is 8.30. The van der Waals surface area contributed by atoms with E-state index in [4.69, 9.17) is 27.9 Å². The lowest BCUT2D eigenvalue weighted by Crippen LogP contribution is -2.01. The fourth-order valence-electron chi connectivity index (χ4n) is 2.34. The summed E-state index contributed by atoms with van der Waals surface area (Å²) in [6, 6.07) is 8.97. The molecule has 0 atom stereocenters. The molecule has 3 aromatic rings. The fourth-order valence-corrected chi connectivity index (χ4v) is 5.69. The van der Waals surface area contributed by atoms with Gasteiger partial charge in [0, 0.05) is 15.6 Å². The number of H-pyrrole nitrogens is 1. The lowest BCUT2D eigenvalue weighted by atomic mass is 10.2. The van der Waals surface area contributed by atoms with Crippen LogP contribution in [0.4, 0.5) is 0 Å². The molecule has 0 spiro atoms. The zero-order chi connectivity index (χ0) is 21.8. The number of hydrogen-bond donors (Lipinski definition) is 2. The Labute approximate surface area is 214 Å². The maximum Gasteiger partial charge on any atom is 0.342 e. The van der Waals surface area contributed by atoms with E-state index in [-0.39, 0.29) is 11.5 Å². The van der Waals surface area contributed by atoms with E-state index in [2.05, 4.69) is 60.4 Å². The van der Waals surface area contributed by atoms with Gasteiger partial charge in [0.2, 0.25) is 5.16 Å². The molecule has 3 rings (SSSR count). The predicted octanol–water partition coefficient (Wildman–Crippen LogP) is 6.43. The molecule has 30 heavy (non-hydrogen) atoms. The van der Waals surface area contributed by atoms with Gasteiger partial charge in [0.25, 0.3) is 0 Å². The van der Waals surface area contributed by atoms with E-state index in [1.165, 1.54) is 0 Å². The van der Waals surface area contributed by atoms with Crippen molar-refractivity contribution in [2.45, 2.75) is 18.7 Å². The molecule has 0 amide bonds. The summed E-state index contributed by atoms with van der Waals surface area (Å²) < 4.78 is 7.66. The van der Waals surface area contributed by atoms with E-state index >= 15 is 0 Å². The molecule has 1 heterocycles. The number of aromatic amines is 1. The Morgan fingerprint density at radius 2 is 1.97 bits per heavy atom. The van der Waals surface area contributed by atoms with Crippen molar-refractivity contribution < 1.29 is 14.6 Å². The van der Waals surface area contributed by atoms with Gasteiger partial charge in [-0.15, -0.1) is 5.10 Å². The number of thioether (sulfide) groups is 1. The van der Waals surface area contributed by atoms with E-state index in [9.17, 15) is 9.90 Å². The van der Waals surface area contributed by atoms with Crippen LogP contribution in [-0.2, 0) is 11.4 Å². The van der Waals surface area contributed by atoms with Crippen LogP contribution < -0.4 is 4.74 Å². The second kappa shape index (κ2) is 10.5. The van der Waals surface area contributed by atoms with Crippen molar-refractivity contribution in [2.24, 2.45) is 0 Å². The van der Waals surface area contributed by atoms with E-state index in [1.54, 1.807) is 25.1 Å². The number of rotatable bonds is 7. The summed E-state index contributed by atoms with van der Waals surface area (Å²) in [4.78, 5) is 15.9. The minimum Gasteiger partial charge on any atom is -0.487 e. The average Bonchev–Trinajstić information content (AvgIpc) is 3.06. The summed E-state index contributed by atoms with van der Waals surface area (Å²) in [7, 11) is 0. The summed E-state index contributed by atoms with van der Waals surface area (Å²) in [5, 5.41) is 17.7. The lowest BCUT2D eigenvalue weighted by molar-refractivity contribution is -0.131. The number of carbonyl (C=O) groups is 1. The number of aliphatic carboxylic acids is 1. The third-order valence-electron chi connectivity index (χ3n) is 3.69. The molecule has 0 radical (unpaired) electrons. The third kappa shape index (κ3) is 6.25. The van der Waals surface area contributed by atoms with Gasteiger partial charge in [-0.05, 0) is 99.8 Å². The Kier molecular flexibility index (Phi) is 8.30. The van der Waals surface area contributed by atoms with Crippen molar-refractivity contribution >= 4 is 92.2 Å². The molecule has 0 fully saturated rings. The highest BCUT2D eigenvalue weighted by Gasteiger charge is 2.15. The summed E-state index contributed by atoms with van der Waals surface area (Å²) in [6.45, 7) is 2.04. The summed E-state index contributed by atoms with van der Waals surface area (Å²) >= 11 is 17.5. The van der Waals surface area contributed by atoms with E-state index < -0.39 is 5.97 Å². The van der Waals surface area contributed by atoms with Crippen LogP contribution in [0.15, 0.2) is 40.4 Å². The molecular weight excluding hydrogens is 675 g/mol. The number of carboxylic acids is 1. The molecule has 0 aliphatic heterocycles. The first-order valence-corrected chi connectivity index (χ1v) is 12.0. The number of halogens is 4. The number of ether oxygens (including phenoxy) is 1. The predicted molar refractivity (Wildman–Crippen MR) is 135 cm³/mol. The minimum absolute atomic E-state index is 0.113. The second-order valence-electron chi connectivity index (χ2n) is 5.96. The maximum absolute atomic E-state index is 11.7. The van der Waals surface area contributed by atoms with Crippen molar-refractivity contribution in [3.63, 3.8) is 0 Å². The van der Waals surface area contributed by atoms with Crippen molar-refractivity contribution in [3.05, 3.63) is 69.4 Å². The summed E-state index contributed by atoms with van der Waals surface area (Å²) in [5.74, 6) is 0.271. The Hall–Kier alpha value is -1.02. The Morgan fingerprint density at radius 3 is 2.53 bits per heavy atom. The average molecular weight is 688 g/mol. The van der Waals surface area contributed by atoms with Gasteiger partial charge in [-0.25, -0.2) is 9.78 Å². The number of nitrogens with zero attached hydrogens (tertiary/aromatic N) is 2. The molecule has 2 N–H and O–H groups in total. The molecule has 0 saturated carbocycles. The van der Waals surface area contributed by atoms with E-state index in [0.29, 0.717) is 26.8 Å². The molecule has 0 unspecified atom stereocenters. The molecule has 0 aliphatic rings. The number of aromatic nitrogens is 3. The van der Waals surface area contributed by atoms with E-state index in [0.717, 1.165) is 30.0 Å². The number of hydrogen-bond acceptors (Lipinski definition) is 5. The quantitative estimate of drug-likeness (QED) is 0.169. The van der Waals surface area contributed by atoms with Crippen LogP contribution >= 0.6 is 80.1 Å². The molecule has 6 nitrogen and oxygen atoms in total. The van der Waals surface area contributed by atoms with Crippen LogP contribution in [0.25, 0.3) is 6.08 Å². The Morgan fingerprint density at radius 1 is 1.27 bits per heavy atom. The second-order valence-corrected chi connectivity index (χ2v) is 10.1. The van der Waals surface area contributed by atoms with Crippen LogP contribution in [-0.4, -0.2) is 26.3 Å². The van der Waals surface area contributed by atoms with Crippen LogP contribution in [0.3, 0.4) is 0 Å². The zero-order valence-corrected chi connectivity index (χ0v) is 21.9. The van der Waals surface area contributed by atoms with Crippen molar-refractivity contribution in [1.29, 1.82) is 0 Å². The minimum atomic E-state index is -1.05. The number of nitrogens with one attached hydrogen (secondary N) is 1. The van der Waals surface area contributed by atoms with Crippen molar-refractivity contribution in [3.8, 4) is 5.75 Å². The molecule has 0 saturated heterocycles. The molecule has 2 aromatic carbocycles. The van der Waals surface area contributed by atoms with Gasteiger partial charge in [-0.1, -0.05) is 29.3 Å². The highest BCUT2D eigenvalue weighted by molar-refractivity contribution is 14.1. The van der Waals surface area contributed by atoms with Crippen molar-refractivity contribution in [2.75, 3.05) is 0 Å². The van der Waals surface area contributed by atoms with Gasteiger partial charge >= 0.3 is 5.97 Å². The standard InChI is InChI=1S/C19H13Cl2I2N3O3S/c1-9-24-19(26-25-9)30-16(18(27)28)6-10-4-14(22)17(15(23)5-10)29-8-11-2-3-12(20)7-13(11)21/h2-7H,8H2,1H3,(H,27,28)(H,24,25,26)/b16-6-. The maximum atomic E-state index is 11.7. The van der Waals surface area contributed by atoms with Crippen LogP contribution in [0.2, 0.25) is 10.0 Å². The molecule has 11 heteroatoms. The fraction of sp³-hybridized carbons (Fsp3) is 0.105. The number of aryl methyl sites for hydroxylation is 1. The molecule has 0 aliphatic carbocycles. The lowest BCUT2D eigenvalue weighted by Gasteiger charge is -2.13. The monoisotopic (exact) mass is 687 g/mol. The molecule has 156 valence electrons. The first-order chi connectivity index (χ1) is 14.2. The summed E-state index contributed by atoms with van der Waals surface area (Å²) in [6.07, 6.45) is 1.59. The smallest absolute Gasteiger partial charge is 0.342 e. The Balaban J connectivity index is 1.81. The van der Waals surface area contributed by atoms with Crippen LogP contribution in [0, 0.1) is 14.1 Å². The van der Waals surface area contributed by atoms with Gasteiger partial charge in [0.15, 0.2) is 0 Å². The third-order valence-corrected chi connectivity index (χ3v) is 6.76. The molecule has 0 bridgehead atoms. The van der Waals surface area contributed by atoms with Crippen molar-refractivity contribution in [1.82, 2.24) is 15.2 Å². The van der Waals surface area contributed by atoms with Gasteiger partial charge in [0.1, 0.15) is 23.1 Å². The van der Waals surface area contributed by atoms with Gasteiger partial charge < -0.3 is 9.84 Å². The van der Waals surface area contributed by atoms with Gasteiger partial charge in [-0.2, -0.15) is 0 Å². The first kappa shape index (κ1) is 23.6. The number of benzene rings is 2. The highest BCUT2D eigenvalue weighted by atomic mass is 127. The van der Waals surface area contributed by atoms with Crippen LogP contribution in [0.1, 0.15) is 17.0 Å². The highest BCUT2D eigenvalue weighted by Crippen LogP contribution is 2.33. The normalized spacial score (nSPS) is 11.6. The van der Waals surface area contributed by atoms with E-state index in [1.807, 2.05) is 18.2 Å². The number of carboxylic acid groups (broad SMARTS) is 1. The summed E-state index contributed by atoms with van der Waals surface area (Å²) in [5.41, 5.74) is 1.56. The SMILES string of the molecule is Cc1nc(S/C(=C\c2cc(I)c(OCc3ccc(Cl)cc3Cl)c(I)c2)C(=O)O)n[nH]1. The molecular formula is C19H13Cl2I2N3O3S. The Bertz CT molecular complexity index is 1110. The molecule has 1 aromatic heterocycles.